The van der Waals surface area contributed by atoms with E-state index in [0.717, 1.165) is 17.7 Å². The van der Waals surface area contributed by atoms with E-state index in [1.807, 2.05) is 0 Å². The van der Waals surface area contributed by atoms with Crippen LogP contribution in [0.1, 0.15) is 21.5 Å². The lowest BCUT2D eigenvalue weighted by Gasteiger charge is -2.08. The molecule has 0 N–H and O–H groups in total. The van der Waals surface area contributed by atoms with Crippen molar-refractivity contribution < 1.29 is 18.3 Å². The summed E-state index contributed by atoms with van der Waals surface area (Å²) in [6.07, 6.45) is 0.213. The Morgan fingerprint density at radius 1 is 0.926 bits per heavy atom. The number of ketones is 1. The second-order valence-corrected chi connectivity index (χ2v) is 5.94. The Kier molecular flexibility index (Phi) is 5.58. The molecule has 0 aliphatic carbocycles. The van der Waals surface area contributed by atoms with Crippen molar-refractivity contribution >= 4 is 11.5 Å². The first kappa shape index (κ1) is 18.3. The summed E-state index contributed by atoms with van der Waals surface area (Å²) >= 11 is 0. The maximum Gasteiger partial charge on any atom is 0.187 e. The van der Waals surface area contributed by atoms with Gasteiger partial charge in [-0.1, -0.05) is 42.5 Å². The second kappa shape index (κ2) is 8.24. The van der Waals surface area contributed by atoms with Gasteiger partial charge in [0.2, 0.25) is 0 Å². The van der Waals surface area contributed by atoms with Gasteiger partial charge < -0.3 is 4.74 Å². The van der Waals surface area contributed by atoms with Crippen LogP contribution in [-0.4, -0.2) is 5.78 Å². The number of halogens is 2. The zero-order valence-corrected chi connectivity index (χ0v) is 14.3. The van der Waals surface area contributed by atoms with E-state index in [0.29, 0.717) is 22.6 Å². The van der Waals surface area contributed by atoms with Crippen molar-refractivity contribution in [3.63, 3.8) is 0 Å². The first-order valence-corrected chi connectivity index (χ1v) is 8.21. The molecular weight excluding hydrogens is 348 g/mol. The van der Waals surface area contributed by atoms with Crippen LogP contribution in [0.25, 0.3) is 4.85 Å². The molecule has 0 aliphatic rings. The lowest BCUT2D eigenvalue weighted by atomic mass is 10.0. The van der Waals surface area contributed by atoms with Gasteiger partial charge in [0, 0.05) is 12.0 Å². The number of hydrogen-bond acceptors (Lipinski definition) is 2. The summed E-state index contributed by atoms with van der Waals surface area (Å²) in [4.78, 5) is 15.8. The summed E-state index contributed by atoms with van der Waals surface area (Å²) in [5.41, 5.74) is 2.33. The quantitative estimate of drug-likeness (QED) is 0.426. The summed E-state index contributed by atoms with van der Waals surface area (Å²) < 4.78 is 31.8. The van der Waals surface area contributed by atoms with Crippen LogP contribution in [0.3, 0.4) is 0 Å². The highest BCUT2D eigenvalue weighted by Crippen LogP contribution is 2.19. The van der Waals surface area contributed by atoms with E-state index in [9.17, 15) is 13.6 Å². The summed E-state index contributed by atoms with van der Waals surface area (Å²) in [6, 6.07) is 17.2. The zero-order chi connectivity index (χ0) is 19.2. The molecule has 0 atom stereocenters. The molecule has 0 aliphatic heterocycles. The zero-order valence-electron chi connectivity index (χ0n) is 14.3. The summed E-state index contributed by atoms with van der Waals surface area (Å²) in [6.45, 7) is 7.00. The molecule has 3 aromatic rings. The van der Waals surface area contributed by atoms with Gasteiger partial charge >= 0.3 is 0 Å². The van der Waals surface area contributed by atoms with Gasteiger partial charge in [-0.15, -0.1) is 0 Å². The highest BCUT2D eigenvalue weighted by Gasteiger charge is 2.09. The topological polar surface area (TPSA) is 30.7 Å². The number of Topliss-reactive ketones (excluding diaryl/α,β-unsaturated/α-hetero) is 1. The van der Waals surface area contributed by atoms with Gasteiger partial charge in [0.25, 0.3) is 0 Å². The third-order valence-corrected chi connectivity index (χ3v) is 3.98. The molecule has 27 heavy (non-hydrogen) atoms. The van der Waals surface area contributed by atoms with Crippen LogP contribution in [0.15, 0.2) is 66.7 Å². The van der Waals surface area contributed by atoms with Crippen LogP contribution in [-0.2, 0) is 13.0 Å². The molecule has 0 heterocycles. The first-order valence-electron chi connectivity index (χ1n) is 8.21. The molecule has 0 aromatic heterocycles. The van der Waals surface area contributed by atoms with Gasteiger partial charge in [0.05, 0.1) is 6.57 Å². The molecule has 3 nitrogen and oxygen atoms in total. The minimum absolute atomic E-state index is 0.0624. The van der Waals surface area contributed by atoms with Crippen molar-refractivity contribution in [2.75, 3.05) is 0 Å². The summed E-state index contributed by atoms with van der Waals surface area (Å²) in [5.74, 6) is -1.45. The largest absolute Gasteiger partial charge is 0.489 e. The average molecular weight is 363 g/mol. The monoisotopic (exact) mass is 363 g/mol. The minimum atomic E-state index is -0.927. The molecule has 134 valence electrons. The van der Waals surface area contributed by atoms with Gasteiger partial charge in [0.15, 0.2) is 23.1 Å². The van der Waals surface area contributed by atoms with E-state index in [1.54, 1.807) is 48.5 Å². The van der Waals surface area contributed by atoms with E-state index >= 15 is 0 Å². The average Bonchev–Trinajstić information content (AvgIpc) is 2.69. The molecule has 0 unspecified atom stereocenters. The SMILES string of the molecule is [C-]#[N+]c1ccc(CC(=O)c2cccc(OCc3ccc(F)c(F)c3)c2)cc1. The third-order valence-electron chi connectivity index (χ3n) is 3.98. The van der Waals surface area contributed by atoms with Crippen LogP contribution < -0.4 is 4.74 Å². The molecule has 0 spiro atoms. The predicted molar refractivity (Wildman–Crippen MR) is 97.9 cm³/mol. The maximum atomic E-state index is 13.2. The molecule has 3 rings (SSSR count). The number of carbonyl (C=O) groups is 1. The van der Waals surface area contributed by atoms with E-state index in [2.05, 4.69) is 4.85 Å². The Morgan fingerprint density at radius 3 is 2.37 bits per heavy atom. The molecule has 0 bridgehead atoms. The summed E-state index contributed by atoms with van der Waals surface area (Å²) in [5, 5.41) is 0. The van der Waals surface area contributed by atoms with Crippen molar-refractivity contribution in [1.82, 2.24) is 0 Å². The van der Waals surface area contributed by atoms with Crippen LogP contribution in [0, 0.1) is 18.2 Å². The number of rotatable bonds is 6. The number of nitrogens with zero attached hydrogens (tertiary/aromatic N) is 1. The standard InChI is InChI=1S/C22H15F2NO2/c1-25-18-8-5-15(6-9-18)12-22(26)17-3-2-4-19(13-17)27-14-16-7-10-20(23)21(24)11-16/h2-11,13H,12,14H2. The second-order valence-electron chi connectivity index (χ2n) is 5.94. The molecular formula is C22H15F2NO2. The van der Waals surface area contributed by atoms with Crippen molar-refractivity contribution in [3.8, 4) is 5.75 Å². The Hall–Kier alpha value is -3.52. The Labute approximate surface area is 155 Å². The number of hydrogen-bond donors (Lipinski definition) is 0. The Balaban J connectivity index is 1.66. The highest BCUT2D eigenvalue weighted by atomic mass is 19.2. The molecule has 0 saturated heterocycles. The first-order chi connectivity index (χ1) is 13.0. The van der Waals surface area contributed by atoms with Crippen molar-refractivity contribution in [2.45, 2.75) is 13.0 Å². The molecule has 3 aromatic carbocycles. The van der Waals surface area contributed by atoms with Crippen molar-refractivity contribution in [1.29, 1.82) is 0 Å². The predicted octanol–water partition coefficient (Wildman–Crippen LogP) is 5.52. The fourth-order valence-electron chi connectivity index (χ4n) is 2.53. The van der Waals surface area contributed by atoms with E-state index < -0.39 is 11.6 Å². The van der Waals surface area contributed by atoms with E-state index in [4.69, 9.17) is 11.3 Å². The molecule has 0 radical (unpaired) electrons. The number of carbonyl (C=O) groups excluding carboxylic acids is 1. The molecule has 0 fully saturated rings. The highest BCUT2D eigenvalue weighted by molar-refractivity contribution is 5.97. The molecule has 5 heteroatoms. The minimum Gasteiger partial charge on any atom is -0.489 e. The molecule has 0 saturated carbocycles. The van der Waals surface area contributed by atoms with Crippen molar-refractivity contribution in [3.05, 3.63) is 106 Å². The Bertz CT molecular complexity index is 1010. The third kappa shape index (κ3) is 4.77. The fourth-order valence-corrected chi connectivity index (χ4v) is 2.53. The van der Waals surface area contributed by atoms with Crippen LogP contribution in [0.4, 0.5) is 14.5 Å². The Morgan fingerprint density at radius 2 is 1.67 bits per heavy atom. The number of benzene rings is 3. The fraction of sp³-hybridized carbons (Fsp3) is 0.0909. The maximum absolute atomic E-state index is 13.2. The normalized spacial score (nSPS) is 10.3. The smallest absolute Gasteiger partial charge is 0.187 e. The number of ether oxygens (including phenoxy) is 1. The van der Waals surface area contributed by atoms with Crippen LogP contribution >= 0.6 is 0 Å². The van der Waals surface area contributed by atoms with Gasteiger partial charge in [0.1, 0.15) is 12.4 Å². The molecule has 0 amide bonds. The van der Waals surface area contributed by atoms with Crippen molar-refractivity contribution in [2.24, 2.45) is 0 Å². The van der Waals surface area contributed by atoms with E-state index in [1.165, 1.54) is 6.07 Å². The van der Waals surface area contributed by atoms with Gasteiger partial charge in [-0.2, -0.15) is 0 Å². The lowest BCUT2D eigenvalue weighted by molar-refractivity contribution is 0.0992. The van der Waals surface area contributed by atoms with Crippen LogP contribution in [0.5, 0.6) is 5.75 Å². The van der Waals surface area contributed by atoms with E-state index in [-0.39, 0.29) is 18.8 Å². The lowest BCUT2D eigenvalue weighted by Crippen LogP contribution is -2.04. The van der Waals surface area contributed by atoms with Gasteiger partial charge in [-0.25, -0.2) is 13.6 Å². The van der Waals surface area contributed by atoms with Gasteiger partial charge in [-0.3, -0.25) is 4.79 Å². The van der Waals surface area contributed by atoms with Gasteiger partial charge in [-0.05, 0) is 35.4 Å². The summed E-state index contributed by atoms with van der Waals surface area (Å²) in [7, 11) is 0. The van der Waals surface area contributed by atoms with Crippen LogP contribution in [0.2, 0.25) is 0 Å².